The summed E-state index contributed by atoms with van der Waals surface area (Å²) in [5.41, 5.74) is 5.02. The van der Waals surface area contributed by atoms with Crippen LogP contribution in [-0.2, 0) is 0 Å². The highest BCUT2D eigenvalue weighted by atomic mass is 35.5. The largest absolute Gasteiger partial charge is 0.457 e. The quantitative estimate of drug-likeness (QED) is 0.210. The lowest BCUT2D eigenvalue weighted by Gasteiger charge is -2.04. The smallest absolute Gasteiger partial charge is 0.127 e. The number of benzene rings is 6. The van der Waals surface area contributed by atoms with E-state index in [1.54, 1.807) is 0 Å². The zero-order chi connectivity index (χ0) is 28.6. The third kappa shape index (κ3) is 11.2. The summed E-state index contributed by atoms with van der Waals surface area (Å²) < 4.78 is 5.63. The second-order valence-corrected chi connectivity index (χ2v) is 9.89. The minimum Gasteiger partial charge on any atom is -0.457 e. The SMILES string of the molecule is Cc1ccc(Oc2ccccc2)cc1.Cc1ccc2ccccc2c1.Cc1ccccc1.Cc1ccccc1Cl. The third-order valence-corrected chi connectivity index (χ3v) is 6.35. The molecule has 0 spiro atoms. The first-order valence-electron chi connectivity index (χ1n) is 13.4. The summed E-state index contributed by atoms with van der Waals surface area (Å²) in [4.78, 5) is 0. The Morgan fingerprint density at radius 2 is 0.875 bits per heavy atom. The molecular weight excluding hydrogens is 508 g/mol. The average Bonchev–Trinajstić information content (AvgIpc) is 2.98. The molecule has 0 aliphatic heterocycles. The molecule has 0 aromatic heterocycles. The molecule has 0 unspecified atom stereocenters. The van der Waals surface area contributed by atoms with Gasteiger partial charge in [-0.3, -0.25) is 0 Å². The van der Waals surface area contributed by atoms with E-state index in [9.17, 15) is 0 Å². The highest BCUT2D eigenvalue weighted by Crippen LogP contribution is 2.20. The Hall–Kier alpha value is -4.33. The summed E-state index contributed by atoms with van der Waals surface area (Å²) >= 11 is 5.71. The number of fused-ring (bicyclic) bond motifs is 1. The molecule has 1 nitrogen and oxygen atoms in total. The van der Waals surface area contributed by atoms with Gasteiger partial charge in [0.1, 0.15) is 11.5 Å². The fourth-order valence-corrected chi connectivity index (χ4v) is 3.76. The lowest BCUT2D eigenvalue weighted by Crippen LogP contribution is -1.82. The first-order valence-corrected chi connectivity index (χ1v) is 13.8. The van der Waals surface area contributed by atoms with Gasteiger partial charge in [0, 0.05) is 5.02 Å². The van der Waals surface area contributed by atoms with E-state index in [0.29, 0.717) is 0 Å². The van der Waals surface area contributed by atoms with Gasteiger partial charge in [-0.2, -0.15) is 0 Å². The second kappa shape index (κ2) is 16.6. The van der Waals surface area contributed by atoms with Crippen LogP contribution in [0.3, 0.4) is 0 Å². The standard InChI is InChI=1S/C13H12O.C11H10.C7H7Cl.C7H8/c1-11-7-9-13(10-8-11)14-12-5-3-2-4-6-12;1-9-6-7-10-4-2-3-5-11(10)8-9;1-6-4-2-3-5-7(6)8;1-7-5-3-2-4-6-7/h2-10H,1H3;2-8H,1H3;2-5H,1H3;2-6H,1H3. The van der Waals surface area contributed by atoms with Crippen molar-refractivity contribution in [1.82, 2.24) is 0 Å². The highest BCUT2D eigenvalue weighted by Gasteiger charge is 1.94. The maximum absolute atomic E-state index is 5.71. The van der Waals surface area contributed by atoms with Gasteiger partial charge >= 0.3 is 0 Å². The van der Waals surface area contributed by atoms with Crippen LogP contribution < -0.4 is 4.74 Å². The first-order chi connectivity index (χ1) is 19.4. The van der Waals surface area contributed by atoms with Crippen LogP contribution in [0.5, 0.6) is 11.5 Å². The van der Waals surface area contributed by atoms with Crippen molar-refractivity contribution in [3.8, 4) is 11.5 Å². The fraction of sp³-hybridized carbons (Fsp3) is 0.105. The van der Waals surface area contributed by atoms with Crippen LogP contribution in [0.1, 0.15) is 22.3 Å². The molecule has 0 radical (unpaired) electrons. The van der Waals surface area contributed by atoms with E-state index in [1.807, 2.05) is 104 Å². The third-order valence-electron chi connectivity index (χ3n) is 5.92. The van der Waals surface area contributed by atoms with E-state index in [2.05, 4.69) is 75.4 Å². The molecule has 6 aromatic carbocycles. The number of ether oxygens (including phenoxy) is 1. The molecule has 0 bridgehead atoms. The summed E-state index contributed by atoms with van der Waals surface area (Å²) in [5.74, 6) is 1.75. The van der Waals surface area contributed by atoms with Crippen molar-refractivity contribution in [1.29, 1.82) is 0 Å². The molecular formula is C38H37ClO. The van der Waals surface area contributed by atoms with E-state index in [4.69, 9.17) is 16.3 Å². The molecule has 40 heavy (non-hydrogen) atoms. The molecule has 0 heterocycles. The van der Waals surface area contributed by atoms with Gasteiger partial charge < -0.3 is 4.74 Å². The Morgan fingerprint density at radius 3 is 1.43 bits per heavy atom. The van der Waals surface area contributed by atoms with Crippen LogP contribution in [0.25, 0.3) is 10.8 Å². The lowest BCUT2D eigenvalue weighted by molar-refractivity contribution is 0.482. The summed E-state index contributed by atoms with van der Waals surface area (Å²) in [5, 5.41) is 3.48. The molecule has 0 saturated carbocycles. The van der Waals surface area contributed by atoms with Crippen LogP contribution in [-0.4, -0.2) is 0 Å². The minimum atomic E-state index is 0.840. The molecule has 0 saturated heterocycles. The Kier molecular flexibility index (Phi) is 12.5. The van der Waals surface area contributed by atoms with Crippen molar-refractivity contribution in [2.75, 3.05) is 0 Å². The first kappa shape index (κ1) is 30.2. The van der Waals surface area contributed by atoms with E-state index >= 15 is 0 Å². The van der Waals surface area contributed by atoms with Gasteiger partial charge in [-0.05, 0) is 74.4 Å². The van der Waals surface area contributed by atoms with Crippen LogP contribution in [0, 0.1) is 27.7 Å². The molecule has 0 amide bonds. The van der Waals surface area contributed by atoms with Crippen LogP contribution in [0.15, 0.2) is 152 Å². The maximum atomic E-state index is 5.71. The predicted octanol–water partition coefficient (Wildman–Crippen LogP) is 11.6. The highest BCUT2D eigenvalue weighted by molar-refractivity contribution is 6.31. The summed E-state index contributed by atoms with van der Waals surface area (Å²) in [6, 6.07) is 50.8. The second-order valence-electron chi connectivity index (χ2n) is 9.48. The van der Waals surface area contributed by atoms with Gasteiger partial charge in [0.15, 0.2) is 0 Å². The Bertz CT molecular complexity index is 1520. The Labute approximate surface area is 244 Å². The van der Waals surface area contributed by atoms with Gasteiger partial charge in [0.25, 0.3) is 0 Å². The van der Waals surface area contributed by atoms with E-state index in [-0.39, 0.29) is 0 Å². The number of aryl methyl sites for hydroxylation is 4. The normalized spacial score (nSPS) is 9.62. The molecule has 6 rings (SSSR count). The number of rotatable bonds is 2. The van der Waals surface area contributed by atoms with Gasteiger partial charge in [0.2, 0.25) is 0 Å². The van der Waals surface area contributed by atoms with Crippen LogP contribution in [0.4, 0.5) is 0 Å². The number of halogens is 1. The lowest BCUT2D eigenvalue weighted by atomic mass is 10.1. The van der Waals surface area contributed by atoms with Crippen molar-refractivity contribution in [2.24, 2.45) is 0 Å². The van der Waals surface area contributed by atoms with Gasteiger partial charge in [-0.1, -0.05) is 150 Å². The minimum absolute atomic E-state index is 0.840. The molecule has 202 valence electrons. The topological polar surface area (TPSA) is 9.23 Å². The van der Waals surface area contributed by atoms with Crippen LogP contribution in [0.2, 0.25) is 5.02 Å². The molecule has 0 atom stereocenters. The maximum Gasteiger partial charge on any atom is 0.127 e. The molecule has 0 fully saturated rings. The van der Waals surface area contributed by atoms with Gasteiger partial charge in [-0.25, -0.2) is 0 Å². The zero-order valence-corrected chi connectivity index (χ0v) is 24.5. The monoisotopic (exact) mass is 544 g/mol. The Balaban J connectivity index is 0.000000153. The van der Waals surface area contributed by atoms with E-state index in [0.717, 1.165) is 22.1 Å². The van der Waals surface area contributed by atoms with Crippen molar-refractivity contribution in [2.45, 2.75) is 27.7 Å². The molecule has 0 aliphatic rings. The van der Waals surface area contributed by atoms with Crippen LogP contribution >= 0.6 is 11.6 Å². The number of hydrogen-bond donors (Lipinski definition) is 0. The summed E-state index contributed by atoms with van der Waals surface area (Å²) in [6.45, 7) is 8.25. The summed E-state index contributed by atoms with van der Waals surface area (Å²) in [6.07, 6.45) is 0. The molecule has 0 aliphatic carbocycles. The number of hydrogen-bond acceptors (Lipinski definition) is 1. The van der Waals surface area contributed by atoms with Crippen molar-refractivity contribution in [3.05, 3.63) is 179 Å². The van der Waals surface area contributed by atoms with E-state index < -0.39 is 0 Å². The predicted molar refractivity (Wildman–Crippen MR) is 174 cm³/mol. The van der Waals surface area contributed by atoms with E-state index in [1.165, 1.54) is 27.5 Å². The van der Waals surface area contributed by atoms with Gasteiger partial charge in [0.05, 0.1) is 0 Å². The van der Waals surface area contributed by atoms with Crippen molar-refractivity contribution < 1.29 is 4.74 Å². The fourth-order valence-electron chi connectivity index (χ4n) is 3.63. The molecule has 6 aromatic rings. The Morgan fingerprint density at radius 1 is 0.400 bits per heavy atom. The molecule has 2 heteroatoms. The molecule has 0 N–H and O–H groups in total. The van der Waals surface area contributed by atoms with Gasteiger partial charge in [-0.15, -0.1) is 0 Å². The van der Waals surface area contributed by atoms with Crippen molar-refractivity contribution >= 4 is 22.4 Å². The zero-order valence-electron chi connectivity index (χ0n) is 23.7. The van der Waals surface area contributed by atoms with Crippen molar-refractivity contribution in [3.63, 3.8) is 0 Å². The number of para-hydroxylation sites is 1. The average molecular weight is 545 g/mol. The summed E-state index contributed by atoms with van der Waals surface area (Å²) in [7, 11) is 0.